The molecule has 6 heteroatoms. The number of ether oxygens (including phenoxy) is 1. The summed E-state index contributed by atoms with van der Waals surface area (Å²) in [5.74, 6) is 0.165. The first-order valence-electron chi connectivity index (χ1n) is 4.46. The Hall–Kier alpha value is -0.870. The molecule has 0 N–H and O–H groups in total. The highest BCUT2D eigenvalue weighted by atomic mass is 35.5. The molecule has 0 saturated heterocycles. The summed E-state index contributed by atoms with van der Waals surface area (Å²) in [5.41, 5.74) is 0. The lowest BCUT2D eigenvalue weighted by Gasteiger charge is -2.01. The number of aromatic nitrogens is 2. The highest BCUT2D eigenvalue weighted by Gasteiger charge is 2.06. The van der Waals surface area contributed by atoms with E-state index in [4.69, 9.17) is 27.9 Å². The Morgan fingerprint density at radius 1 is 1.40 bits per heavy atom. The van der Waals surface area contributed by atoms with Crippen LogP contribution in [-0.4, -0.2) is 22.5 Å². The van der Waals surface area contributed by atoms with Crippen LogP contribution in [0.3, 0.4) is 0 Å². The molecule has 0 fully saturated rings. The smallest absolute Gasteiger partial charge is 0.306 e. The topological polar surface area (TPSA) is 52.1 Å². The zero-order valence-corrected chi connectivity index (χ0v) is 9.68. The van der Waals surface area contributed by atoms with Gasteiger partial charge in [0.1, 0.15) is 16.1 Å². The van der Waals surface area contributed by atoms with Crippen LogP contribution in [0.5, 0.6) is 0 Å². The lowest BCUT2D eigenvalue weighted by atomic mass is 10.3. The van der Waals surface area contributed by atoms with Crippen LogP contribution in [0.15, 0.2) is 6.07 Å². The third kappa shape index (κ3) is 4.44. The summed E-state index contributed by atoms with van der Waals surface area (Å²) >= 11 is 11.3. The summed E-state index contributed by atoms with van der Waals surface area (Å²) in [7, 11) is 0. The van der Waals surface area contributed by atoms with Crippen LogP contribution in [0.25, 0.3) is 0 Å². The summed E-state index contributed by atoms with van der Waals surface area (Å²) in [6, 6.07) is 1.44. The first kappa shape index (κ1) is 12.2. The number of carbonyl (C=O) groups is 1. The number of esters is 1. The quantitative estimate of drug-likeness (QED) is 0.606. The van der Waals surface area contributed by atoms with E-state index in [-0.39, 0.29) is 22.7 Å². The highest BCUT2D eigenvalue weighted by Crippen LogP contribution is 2.12. The molecule has 0 spiro atoms. The van der Waals surface area contributed by atoms with E-state index in [0.29, 0.717) is 18.9 Å². The van der Waals surface area contributed by atoms with Crippen LogP contribution in [0.4, 0.5) is 0 Å². The molecule has 82 valence electrons. The van der Waals surface area contributed by atoms with Crippen LogP contribution < -0.4 is 0 Å². The Balaban J connectivity index is 2.54. The Morgan fingerprint density at radius 2 is 2.00 bits per heavy atom. The van der Waals surface area contributed by atoms with Crippen molar-refractivity contribution >= 4 is 29.2 Å². The van der Waals surface area contributed by atoms with Crippen molar-refractivity contribution in [3.05, 3.63) is 22.2 Å². The normalized spacial score (nSPS) is 10.1. The lowest BCUT2D eigenvalue weighted by molar-refractivity contribution is -0.143. The van der Waals surface area contributed by atoms with Crippen molar-refractivity contribution in [2.45, 2.75) is 19.8 Å². The minimum Gasteiger partial charge on any atom is -0.466 e. The van der Waals surface area contributed by atoms with Gasteiger partial charge in [-0.2, -0.15) is 0 Å². The number of nitrogens with zero attached hydrogens (tertiary/aromatic N) is 2. The zero-order valence-electron chi connectivity index (χ0n) is 8.17. The van der Waals surface area contributed by atoms with Crippen molar-refractivity contribution in [1.82, 2.24) is 9.97 Å². The molecule has 0 aliphatic rings. The van der Waals surface area contributed by atoms with Gasteiger partial charge in [-0.25, -0.2) is 9.97 Å². The molecule has 0 amide bonds. The van der Waals surface area contributed by atoms with Gasteiger partial charge in [0.2, 0.25) is 0 Å². The van der Waals surface area contributed by atoms with Gasteiger partial charge in [0.15, 0.2) is 0 Å². The molecule has 0 radical (unpaired) electrons. The van der Waals surface area contributed by atoms with Crippen LogP contribution in [0, 0.1) is 0 Å². The standard InChI is InChI=1S/C9H10Cl2N2O2/c1-2-15-9(14)4-3-8-12-6(10)5-7(11)13-8/h5H,2-4H2,1H3. The lowest BCUT2D eigenvalue weighted by Crippen LogP contribution is -2.07. The summed E-state index contributed by atoms with van der Waals surface area (Å²) in [5, 5.41) is 0.544. The molecule has 0 aliphatic heterocycles. The second kappa shape index (κ2) is 5.88. The minimum absolute atomic E-state index is 0.227. The van der Waals surface area contributed by atoms with E-state index in [1.807, 2.05) is 0 Å². The maximum Gasteiger partial charge on any atom is 0.306 e. The van der Waals surface area contributed by atoms with Gasteiger partial charge in [0, 0.05) is 12.5 Å². The molecule has 1 aromatic heterocycles. The van der Waals surface area contributed by atoms with Crippen molar-refractivity contribution < 1.29 is 9.53 Å². The largest absolute Gasteiger partial charge is 0.466 e. The molecule has 0 aliphatic carbocycles. The van der Waals surface area contributed by atoms with E-state index in [9.17, 15) is 4.79 Å². The Labute approximate surface area is 97.6 Å². The number of carbonyl (C=O) groups excluding carboxylic acids is 1. The molecule has 0 atom stereocenters. The number of halogens is 2. The van der Waals surface area contributed by atoms with E-state index in [1.165, 1.54) is 6.07 Å². The summed E-state index contributed by atoms with van der Waals surface area (Å²) < 4.78 is 4.76. The van der Waals surface area contributed by atoms with E-state index >= 15 is 0 Å². The van der Waals surface area contributed by atoms with Crippen molar-refractivity contribution in [1.29, 1.82) is 0 Å². The molecule has 0 saturated carbocycles. The van der Waals surface area contributed by atoms with E-state index < -0.39 is 0 Å². The van der Waals surface area contributed by atoms with Crippen molar-refractivity contribution in [2.75, 3.05) is 6.61 Å². The van der Waals surface area contributed by atoms with E-state index in [2.05, 4.69) is 9.97 Å². The predicted octanol–water partition coefficient (Wildman–Crippen LogP) is 2.28. The molecule has 1 aromatic rings. The summed E-state index contributed by atoms with van der Waals surface area (Å²) in [6.45, 7) is 2.13. The second-order valence-electron chi connectivity index (χ2n) is 2.73. The van der Waals surface area contributed by atoms with Crippen LogP contribution in [-0.2, 0) is 16.0 Å². The predicted molar refractivity (Wildman–Crippen MR) is 57.0 cm³/mol. The van der Waals surface area contributed by atoms with Crippen molar-refractivity contribution in [3.8, 4) is 0 Å². The maximum atomic E-state index is 11.0. The molecule has 0 unspecified atom stereocenters. The Kier molecular flexibility index (Phi) is 4.78. The SMILES string of the molecule is CCOC(=O)CCc1nc(Cl)cc(Cl)n1. The average Bonchev–Trinajstić information content (AvgIpc) is 2.14. The Morgan fingerprint density at radius 3 is 2.53 bits per heavy atom. The van der Waals surface area contributed by atoms with Crippen LogP contribution in [0.1, 0.15) is 19.2 Å². The van der Waals surface area contributed by atoms with Crippen LogP contribution in [0.2, 0.25) is 10.3 Å². The van der Waals surface area contributed by atoms with Gasteiger partial charge in [-0.3, -0.25) is 4.79 Å². The summed E-state index contributed by atoms with van der Waals surface area (Å²) in [4.78, 5) is 18.9. The first-order valence-corrected chi connectivity index (χ1v) is 5.22. The van der Waals surface area contributed by atoms with Gasteiger partial charge in [-0.15, -0.1) is 0 Å². The zero-order chi connectivity index (χ0) is 11.3. The molecule has 1 rings (SSSR count). The van der Waals surface area contributed by atoms with Gasteiger partial charge in [0.25, 0.3) is 0 Å². The molecular weight excluding hydrogens is 239 g/mol. The van der Waals surface area contributed by atoms with E-state index in [0.717, 1.165) is 0 Å². The Bertz CT molecular complexity index is 338. The molecule has 4 nitrogen and oxygen atoms in total. The maximum absolute atomic E-state index is 11.0. The molecule has 0 bridgehead atoms. The number of aryl methyl sites for hydroxylation is 1. The van der Waals surface area contributed by atoms with Gasteiger partial charge in [-0.1, -0.05) is 23.2 Å². The third-order valence-corrected chi connectivity index (χ3v) is 1.96. The van der Waals surface area contributed by atoms with Gasteiger partial charge < -0.3 is 4.74 Å². The van der Waals surface area contributed by atoms with E-state index in [1.54, 1.807) is 6.92 Å². The number of rotatable bonds is 4. The van der Waals surface area contributed by atoms with Gasteiger partial charge in [-0.05, 0) is 6.92 Å². The van der Waals surface area contributed by atoms with Gasteiger partial charge >= 0.3 is 5.97 Å². The summed E-state index contributed by atoms with van der Waals surface area (Å²) in [6.07, 6.45) is 0.601. The fourth-order valence-corrected chi connectivity index (χ4v) is 1.45. The monoisotopic (exact) mass is 248 g/mol. The molecule has 15 heavy (non-hydrogen) atoms. The fraction of sp³-hybridized carbons (Fsp3) is 0.444. The average molecular weight is 249 g/mol. The second-order valence-corrected chi connectivity index (χ2v) is 3.51. The fourth-order valence-electron chi connectivity index (χ4n) is 0.993. The molecular formula is C9H10Cl2N2O2. The van der Waals surface area contributed by atoms with Crippen molar-refractivity contribution in [2.24, 2.45) is 0 Å². The molecule has 0 aromatic carbocycles. The minimum atomic E-state index is -0.280. The number of hydrogen-bond donors (Lipinski definition) is 0. The van der Waals surface area contributed by atoms with Gasteiger partial charge in [0.05, 0.1) is 13.0 Å². The van der Waals surface area contributed by atoms with Crippen molar-refractivity contribution in [3.63, 3.8) is 0 Å². The molecule has 1 heterocycles. The number of hydrogen-bond acceptors (Lipinski definition) is 4. The van der Waals surface area contributed by atoms with Crippen LogP contribution >= 0.6 is 23.2 Å². The third-order valence-electron chi connectivity index (χ3n) is 1.57. The first-order chi connectivity index (χ1) is 7.11. The highest BCUT2D eigenvalue weighted by molar-refractivity contribution is 6.33.